The number of methoxy groups -OCH3 is 1. The van der Waals surface area contributed by atoms with E-state index in [0.29, 0.717) is 28.6 Å². The Balaban J connectivity index is 2.65. The van der Waals surface area contributed by atoms with Gasteiger partial charge in [0.15, 0.2) is 0 Å². The highest BCUT2D eigenvalue weighted by Crippen LogP contribution is 2.28. The molecule has 4 heteroatoms. The lowest BCUT2D eigenvalue weighted by Gasteiger charge is -2.07. The number of ether oxygens (including phenoxy) is 1. The SMILES string of the molecule is COc1ccc2[nH]c(=O)c(CC=C(C)C)c(O)c2c1. The van der Waals surface area contributed by atoms with Crippen molar-refractivity contribution in [1.29, 1.82) is 0 Å². The predicted octanol–water partition coefficient (Wildman–Crippen LogP) is 2.75. The van der Waals surface area contributed by atoms with Gasteiger partial charge in [0.2, 0.25) is 0 Å². The molecule has 0 saturated heterocycles. The molecule has 0 unspecified atom stereocenters. The van der Waals surface area contributed by atoms with Gasteiger partial charge in [0.05, 0.1) is 18.2 Å². The molecule has 0 spiro atoms. The second-order valence-corrected chi connectivity index (χ2v) is 4.68. The van der Waals surface area contributed by atoms with Crippen LogP contribution in [0.1, 0.15) is 19.4 Å². The molecular weight excluding hydrogens is 242 g/mol. The number of allylic oxidation sites excluding steroid dienone is 2. The Labute approximate surface area is 111 Å². The van der Waals surface area contributed by atoms with Gasteiger partial charge in [-0.05, 0) is 38.5 Å². The van der Waals surface area contributed by atoms with Crippen LogP contribution in [0.2, 0.25) is 0 Å². The van der Waals surface area contributed by atoms with Crippen LogP contribution in [0.5, 0.6) is 11.5 Å². The molecule has 1 heterocycles. The van der Waals surface area contributed by atoms with Crippen LogP contribution in [0, 0.1) is 0 Å². The molecule has 0 fully saturated rings. The summed E-state index contributed by atoms with van der Waals surface area (Å²) in [4.78, 5) is 14.7. The molecule has 1 aromatic heterocycles. The molecule has 0 radical (unpaired) electrons. The number of rotatable bonds is 3. The zero-order chi connectivity index (χ0) is 14.0. The molecule has 1 aromatic carbocycles. The fourth-order valence-corrected chi connectivity index (χ4v) is 1.92. The molecule has 2 N–H and O–H groups in total. The van der Waals surface area contributed by atoms with Crippen molar-refractivity contribution in [1.82, 2.24) is 4.98 Å². The standard InChI is InChI=1S/C15H17NO3/c1-9(2)4-6-11-14(17)12-8-10(19-3)5-7-13(12)16-15(11)18/h4-5,7-8H,6H2,1-3H3,(H2,16,17,18). The number of pyridine rings is 1. The molecular formula is C15H17NO3. The van der Waals surface area contributed by atoms with Crippen molar-refractivity contribution in [3.05, 3.63) is 45.8 Å². The van der Waals surface area contributed by atoms with Crippen LogP contribution >= 0.6 is 0 Å². The smallest absolute Gasteiger partial charge is 0.255 e. The largest absolute Gasteiger partial charge is 0.507 e. The Bertz CT molecular complexity index is 694. The van der Waals surface area contributed by atoms with Gasteiger partial charge < -0.3 is 14.8 Å². The van der Waals surface area contributed by atoms with Crippen LogP contribution in [-0.4, -0.2) is 17.2 Å². The fourth-order valence-electron chi connectivity index (χ4n) is 1.92. The van der Waals surface area contributed by atoms with Gasteiger partial charge in [-0.15, -0.1) is 0 Å². The molecule has 0 aliphatic rings. The Kier molecular flexibility index (Phi) is 3.60. The van der Waals surface area contributed by atoms with Crippen molar-refractivity contribution in [2.45, 2.75) is 20.3 Å². The molecule has 0 aliphatic carbocycles. The molecule has 100 valence electrons. The Morgan fingerprint density at radius 3 is 2.79 bits per heavy atom. The summed E-state index contributed by atoms with van der Waals surface area (Å²) < 4.78 is 5.13. The predicted molar refractivity (Wildman–Crippen MR) is 75.9 cm³/mol. The van der Waals surface area contributed by atoms with Crippen LogP contribution in [0.15, 0.2) is 34.6 Å². The maximum atomic E-state index is 11.9. The molecule has 0 amide bonds. The summed E-state index contributed by atoms with van der Waals surface area (Å²) in [6.45, 7) is 3.91. The average Bonchev–Trinajstić information content (AvgIpc) is 2.38. The van der Waals surface area contributed by atoms with E-state index in [0.717, 1.165) is 5.57 Å². The summed E-state index contributed by atoms with van der Waals surface area (Å²) in [6, 6.07) is 5.18. The van der Waals surface area contributed by atoms with E-state index in [4.69, 9.17) is 4.74 Å². The van der Waals surface area contributed by atoms with E-state index in [1.807, 2.05) is 19.9 Å². The Morgan fingerprint density at radius 2 is 2.16 bits per heavy atom. The molecule has 0 bridgehead atoms. The number of nitrogens with one attached hydrogen (secondary N) is 1. The Morgan fingerprint density at radius 1 is 1.42 bits per heavy atom. The molecule has 2 aromatic rings. The topological polar surface area (TPSA) is 62.3 Å². The van der Waals surface area contributed by atoms with Crippen LogP contribution in [0.25, 0.3) is 10.9 Å². The quantitative estimate of drug-likeness (QED) is 0.833. The Hall–Kier alpha value is -2.23. The monoisotopic (exact) mass is 259 g/mol. The van der Waals surface area contributed by atoms with Gasteiger partial charge in [-0.3, -0.25) is 4.79 Å². The second kappa shape index (κ2) is 5.18. The van der Waals surface area contributed by atoms with Crippen molar-refractivity contribution in [2.24, 2.45) is 0 Å². The van der Waals surface area contributed by atoms with Crippen LogP contribution in [0.3, 0.4) is 0 Å². The first-order valence-corrected chi connectivity index (χ1v) is 6.08. The highest BCUT2D eigenvalue weighted by Gasteiger charge is 2.11. The van der Waals surface area contributed by atoms with E-state index < -0.39 is 0 Å². The van der Waals surface area contributed by atoms with Gasteiger partial charge in [-0.2, -0.15) is 0 Å². The van der Waals surface area contributed by atoms with E-state index in [2.05, 4.69) is 4.98 Å². The van der Waals surface area contributed by atoms with Crippen molar-refractivity contribution in [3.63, 3.8) is 0 Å². The highest BCUT2D eigenvalue weighted by molar-refractivity contribution is 5.87. The van der Waals surface area contributed by atoms with Crippen LogP contribution in [0.4, 0.5) is 0 Å². The molecule has 0 atom stereocenters. The molecule has 4 nitrogen and oxygen atoms in total. The van der Waals surface area contributed by atoms with Crippen LogP contribution < -0.4 is 10.3 Å². The first-order chi connectivity index (χ1) is 9.02. The number of aromatic nitrogens is 1. The fraction of sp³-hybridized carbons (Fsp3) is 0.267. The number of hydrogen-bond acceptors (Lipinski definition) is 3. The third-order valence-corrected chi connectivity index (χ3v) is 3.00. The third-order valence-electron chi connectivity index (χ3n) is 3.00. The lowest BCUT2D eigenvalue weighted by atomic mass is 10.1. The van der Waals surface area contributed by atoms with E-state index in [1.165, 1.54) is 0 Å². The number of aromatic hydroxyl groups is 1. The zero-order valence-corrected chi connectivity index (χ0v) is 11.3. The summed E-state index contributed by atoms with van der Waals surface area (Å²) in [7, 11) is 1.56. The van der Waals surface area contributed by atoms with Gasteiger partial charge in [0, 0.05) is 5.39 Å². The maximum absolute atomic E-state index is 11.9. The lowest BCUT2D eigenvalue weighted by Crippen LogP contribution is -2.12. The lowest BCUT2D eigenvalue weighted by molar-refractivity contribution is 0.415. The van der Waals surface area contributed by atoms with E-state index in [9.17, 15) is 9.90 Å². The van der Waals surface area contributed by atoms with E-state index in [1.54, 1.807) is 25.3 Å². The number of fused-ring (bicyclic) bond motifs is 1. The summed E-state index contributed by atoms with van der Waals surface area (Å²) in [5, 5.41) is 10.9. The summed E-state index contributed by atoms with van der Waals surface area (Å²) in [5.41, 5.74) is 1.82. The minimum Gasteiger partial charge on any atom is -0.507 e. The summed E-state index contributed by atoms with van der Waals surface area (Å²) in [6.07, 6.45) is 2.33. The number of benzene rings is 1. The normalized spacial score (nSPS) is 10.5. The van der Waals surface area contributed by atoms with E-state index in [-0.39, 0.29) is 11.3 Å². The van der Waals surface area contributed by atoms with Crippen molar-refractivity contribution in [2.75, 3.05) is 7.11 Å². The molecule has 0 aliphatic heterocycles. The van der Waals surface area contributed by atoms with Crippen molar-refractivity contribution >= 4 is 10.9 Å². The van der Waals surface area contributed by atoms with Gasteiger partial charge in [-0.1, -0.05) is 11.6 Å². The first-order valence-electron chi connectivity index (χ1n) is 6.08. The first kappa shape index (κ1) is 13.2. The van der Waals surface area contributed by atoms with Crippen molar-refractivity contribution in [3.8, 4) is 11.5 Å². The number of hydrogen-bond donors (Lipinski definition) is 2. The summed E-state index contributed by atoms with van der Waals surface area (Å²) >= 11 is 0. The molecule has 2 rings (SSSR count). The average molecular weight is 259 g/mol. The summed E-state index contributed by atoms with van der Waals surface area (Å²) in [5.74, 6) is 0.665. The van der Waals surface area contributed by atoms with Gasteiger partial charge >= 0.3 is 0 Å². The van der Waals surface area contributed by atoms with E-state index >= 15 is 0 Å². The van der Waals surface area contributed by atoms with Crippen molar-refractivity contribution < 1.29 is 9.84 Å². The molecule has 0 saturated carbocycles. The van der Waals surface area contributed by atoms with Gasteiger partial charge in [-0.25, -0.2) is 0 Å². The maximum Gasteiger partial charge on any atom is 0.255 e. The minimum atomic E-state index is -0.257. The van der Waals surface area contributed by atoms with Crippen LogP contribution in [-0.2, 0) is 6.42 Å². The minimum absolute atomic E-state index is 0.0233. The third kappa shape index (κ3) is 2.62. The second-order valence-electron chi connectivity index (χ2n) is 4.68. The number of H-pyrrole nitrogens is 1. The zero-order valence-electron chi connectivity index (χ0n) is 11.3. The van der Waals surface area contributed by atoms with Gasteiger partial charge in [0.25, 0.3) is 5.56 Å². The highest BCUT2D eigenvalue weighted by atomic mass is 16.5. The van der Waals surface area contributed by atoms with Gasteiger partial charge in [0.1, 0.15) is 11.5 Å². The molecule has 19 heavy (non-hydrogen) atoms. The number of aromatic amines is 1.